The minimum atomic E-state index is -1.06. The van der Waals surface area contributed by atoms with Gasteiger partial charge in [0.1, 0.15) is 17.5 Å². The van der Waals surface area contributed by atoms with Gasteiger partial charge in [-0.2, -0.15) is 0 Å². The van der Waals surface area contributed by atoms with E-state index in [1.165, 1.54) is 6.07 Å². The maximum Gasteiger partial charge on any atom is 0.271 e. The van der Waals surface area contributed by atoms with Crippen molar-refractivity contribution < 1.29 is 43.0 Å². The monoisotopic (exact) mass is 880 g/mol. The SMILES string of the molecule is CCc1nc(C(N)=O)c(Nc2ccc(N3CCC(N4CCN(C(=O)CCCOc5cccc6c5C(=O)N(C5CCC(=O)NC5=O)C6=O)CC4)CC3)c(OC)c2)nc1NC1CCOCC1. The van der Waals surface area contributed by atoms with Gasteiger partial charge in [-0.25, -0.2) is 9.97 Å². The first-order valence-electron chi connectivity index (χ1n) is 22.3. The standard InChI is InChI=1S/C45H56N10O9/c1-3-31-41(47-27-15-24-63-25-16-27)51-42(39(49-31)40(46)58)48-28-9-10-32(35(26-28)62-2)53-17-13-29(14-18-53)52-19-21-54(22-20-52)37(57)8-5-23-64-34-7-4-6-30-38(34)45(61)55(44(30)60)33-11-12-36(56)50-43(33)59/h4,6-7,9-10,26-27,29,33H,3,5,8,11-25H2,1-2H3,(H2,46,58)(H2,47,48,51)(H,50,56,59). The number of nitrogens with two attached hydrogens (primary N) is 1. The molecular weight excluding hydrogens is 825 g/mol. The van der Waals surface area contributed by atoms with Crippen LogP contribution in [0.4, 0.5) is 23.0 Å². The number of rotatable bonds is 15. The van der Waals surface area contributed by atoms with E-state index < -0.39 is 35.6 Å². The molecule has 0 aliphatic carbocycles. The van der Waals surface area contributed by atoms with Gasteiger partial charge in [-0.1, -0.05) is 13.0 Å². The normalized spacial score (nSPS) is 20.0. The van der Waals surface area contributed by atoms with Crippen molar-refractivity contribution in [3.63, 3.8) is 0 Å². The second-order valence-electron chi connectivity index (χ2n) is 16.7. The third-order valence-electron chi connectivity index (χ3n) is 12.8. The lowest BCUT2D eigenvalue weighted by molar-refractivity contribution is -0.136. The second-order valence-corrected chi connectivity index (χ2v) is 16.7. The first-order chi connectivity index (χ1) is 31.0. The molecule has 6 amide bonds. The number of piperazine rings is 1. The molecule has 64 heavy (non-hydrogen) atoms. The maximum atomic E-state index is 13.4. The Labute approximate surface area is 371 Å². The van der Waals surface area contributed by atoms with E-state index in [0.717, 1.165) is 62.4 Å². The zero-order valence-corrected chi connectivity index (χ0v) is 36.4. The summed E-state index contributed by atoms with van der Waals surface area (Å²) in [5.74, 6) is -1.15. The predicted octanol–water partition coefficient (Wildman–Crippen LogP) is 2.85. The Morgan fingerprint density at radius 2 is 1.67 bits per heavy atom. The van der Waals surface area contributed by atoms with Gasteiger partial charge >= 0.3 is 0 Å². The van der Waals surface area contributed by atoms with Crippen LogP contribution in [0.25, 0.3) is 0 Å². The van der Waals surface area contributed by atoms with Crippen LogP contribution in [0.2, 0.25) is 0 Å². The number of aryl methyl sites for hydroxylation is 1. The molecule has 2 aromatic carbocycles. The highest BCUT2D eigenvalue weighted by Gasteiger charge is 2.46. The molecule has 1 aromatic heterocycles. The third-order valence-corrected chi connectivity index (χ3v) is 12.8. The molecule has 5 aliphatic heterocycles. The summed E-state index contributed by atoms with van der Waals surface area (Å²) < 4.78 is 17.3. The highest BCUT2D eigenvalue weighted by molar-refractivity contribution is 6.24. The van der Waals surface area contributed by atoms with Crippen LogP contribution in [0.3, 0.4) is 0 Å². The Kier molecular flexibility index (Phi) is 13.6. The van der Waals surface area contributed by atoms with Crippen LogP contribution in [-0.2, 0) is 25.5 Å². The van der Waals surface area contributed by atoms with Crippen molar-refractivity contribution >= 4 is 58.5 Å². The van der Waals surface area contributed by atoms with Gasteiger partial charge in [0.15, 0.2) is 17.3 Å². The van der Waals surface area contributed by atoms with Crippen molar-refractivity contribution in [3.05, 3.63) is 58.9 Å². The lowest BCUT2D eigenvalue weighted by Gasteiger charge is -2.43. The lowest BCUT2D eigenvalue weighted by Crippen LogP contribution is -2.54. The number of carbonyl (C=O) groups is 6. The topological polar surface area (TPSA) is 231 Å². The summed E-state index contributed by atoms with van der Waals surface area (Å²) in [6.07, 6.45) is 5.02. The first kappa shape index (κ1) is 44.3. The zero-order chi connectivity index (χ0) is 44.9. The molecule has 3 aromatic rings. The van der Waals surface area contributed by atoms with Crippen molar-refractivity contribution in [2.24, 2.45) is 5.73 Å². The molecule has 0 spiro atoms. The number of fused-ring (bicyclic) bond motifs is 1. The number of aromatic nitrogens is 2. The van der Waals surface area contributed by atoms with E-state index in [1.54, 1.807) is 19.2 Å². The van der Waals surface area contributed by atoms with Crippen molar-refractivity contribution in [2.45, 2.75) is 82.8 Å². The molecule has 1 atom stereocenters. The van der Waals surface area contributed by atoms with Crippen LogP contribution in [0.15, 0.2) is 36.4 Å². The molecule has 0 saturated carbocycles. The fraction of sp³-hybridized carbons (Fsp3) is 0.511. The number of carbonyl (C=O) groups excluding carboxylic acids is 6. The van der Waals surface area contributed by atoms with Crippen LogP contribution < -0.4 is 36.1 Å². The molecule has 5 N–H and O–H groups in total. The Morgan fingerprint density at radius 3 is 2.38 bits per heavy atom. The van der Waals surface area contributed by atoms with E-state index in [-0.39, 0.29) is 66.2 Å². The largest absolute Gasteiger partial charge is 0.495 e. The number of amides is 6. The Bertz CT molecular complexity index is 2290. The summed E-state index contributed by atoms with van der Waals surface area (Å²) in [5, 5.41) is 8.98. The predicted molar refractivity (Wildman–Crippen MR) is 235 cm³/mol. The average Bonchev–Trinajstić information content (AvgIpc) is 3.56. The first-order valence-corrected chi connectivity index (χ1v) is 22.3. The smallest absolute Gasteiger partial charge is 0.271 e. The minimum absolute atomic E-state index is 0.0369. The number of methoxy groups -OCH3 is 1. The van der Waals surface area contributed by atoms with Crippen LogP contribution >= 0.6 is 0 Å². The number of nitrogens with one attached hydrogen (secondary N) is 3. The summed E-state index contributed by atoms with van der Waals surface area (Å²) in [7, 11) is 1.64. The molecule has 340 valence electrons. The van der Waals surface area contributed by atoms with Crippen LogP contribution in [0.1, 0.15) is 95.2 Å². The van der Waals surface area contributed by atoms with Gasteiger partial charge in [0.2, 0.25) is 17.7 Å². The number of nitrogens with zero attached hydrogens (tertiary/aromatic N) is 6. The van der Waals surface area contributed by atoms with E-state index >= 15 is 0 Å². The van der Waals surface area contributed by atoms with Crippen LogP contribution in [0, 0.1) is 0 Å². The number of primary amides is 1. The summed E-state index contributed by atoms with van der Waals surface area (Å²) >= 11 is 0. The molecule has 0 bridgehead atoms. The molecule has 0 radical (unpaired) electrons. The highest BCUT2D eigenvalue weighted by atomic mass is 16.5. The molecule has 4 fully saturated rings. The quantitative estimate of drug-likeness (QED) is 0.127. The van der Waals surface area contributed by atoms with Crippen molar-refractivity contribution in [2.75, 3.05) is 81.7 Å². The van der Waals surface area contributed by atoms with Gasteiger partial charge < -0.3 is 40.4 Å². The number of anilines is 4. The minimum Gasteiger partial charge on any atom is -0.495 e. The molecule has 1 unspecified atom stereocenters. The van der Waals surface area contributed by atoms with E-state index in [1.807, 2.05) is 30.0 Å². The number of imide groups is 2. The van der Waals surface area contributed by atoms with Gasteiger partial charge in [-0.15, -0.1) is 0 Å². The van der Waals surface area contributed by atoms with Gasteiger partial charge in [-0.05, 0) is 69.2 Å². The number of hydrogen-bond acceptors (Lipinski definition) is 15. The fourth-order valence-corrected chi connectivity index (χ4v) is 9.26. The third kappa shape index (κ3) is 9.45. The van der Waals surface area contributed by atoms with Crippen molar-refractivity contribution in [1.82, 2.24) is 30.0 Å². The number of ether oxygens (including phenoxy) is 3. The average molecular weight is 881 g/mol. The molecule has 5 aliphatic rings. The maximum absolute atomic E-state index is 13.4. The van der Waals surface area contributed by atoms with Crippen LogP contribution in [0.5, 0.6) is 11.5 Å². The van der Waals surface area contributed by atoms with E-state index in [4.69, 9.17) is 24.9 Å². The molecule has 8 rings (SSSR count). The van der Waals surface area contributed by atoms with E-state index in [2.05, 4.69) is 30.7 Å². The highest BCUT2D eigenvalue weighted by Crippen LogP contribution is 2.36. The Morgan fingerprint density at radius 1 is 0.906 bits per heavy atom. The second kappa shape index (κ2) is 19.6. The molecular formula is C45H56N10O9. The molecule has 19 nitrogen and oxygen atoms in total. The molecule has 19 heteroatoms. The van der Waals surface area contributed by atoms with Gasteiger partial charge in [0.25, 0.3) is 17.7 Å². The lowest BCUT2D eigenvalue weighted by atomic mass is 10.0. The Balaban J connectivity index is 0.796. The number of piperidine rings is 2. The molecule has 4 saturated heterocycles. The zero-order valence-electron chi connectivity index (χ0n) is 36.4. The summed E-state index contributed by atoms with van der Waals surface area (Å²) in [4.78, 5) is 93.3. The summed E-state index contributed by atoms with van der Waals surface area (Å²) in [5.41, 5.74) is 8.41. The fourth-order valence-electron chi connectivity index (χ4n) is 9.26. The number of benzene rings is 2. The molecule has 6 heterocycles. The number of hydrogen-bond donors (Lipinski definition) is 4. The van der Waals surface area contributed by atoms with Crippen LogP contribution in [-0.4, -0.2) is 144 Å². The van der Waals surface area contributed by atoms with Gasteiger partial charge in [0.05, 0.1) is 36.2 Å². The summed E-state index contributed by atoms with van der Waals surface area (Å²) in [6, 6.07) is 10.1. The van der Waals surface area contributed by atoms with Crippen molar-refractivity contribution in [3.8, 4) is 11.5 Å². The van der Waals surface area contributed by atoms with Crippen molar-refractivity contribution in [1.29, 1.82) is 0 Å². The summed E-state index contributed by atoms with van der Waals surface area (Å²) in [6.45, 7) is 8.00. The van der Waals surface area contributed by atoms with E-state index in [0.29, 0.717) is 68.1 Å². The van der Waals surface area contributed by atoms with E-state index in [9.17, 15) is 28.8 Å². The Hall–Kier alpha value is -6.34. The van der Waals surface area contributed by atoms with Gasteiger partial charge in [-0.3, -0.25) is 43.9 Å². The van der Waals surface area contributed by atoms with Gasteiger partial charge in [0, 0.05) is 89.2 Å².